The maximum Gasteiger partial charge on any atom is 0.253 e. The molecule has 0 spiro atoms. The molecule has 2 unspecified atom stereocenters. The highest BCUT2D eigenvalue weighted by atomic mass is 32.1. The summed E-state index contributed by atoms with van der Waals surface area (Å²) in [5.74, 6) is -1.43. The molecule has 3 aliphatic rings. The van der Waals surface area contributed by atoms with Crippen molar-refractivity contribution in [3.63, 3.8) is 0 Å². The molecule has 8 rings (SSSR count). The normalized spacial score (nSPS) is 18.3. The highest BCUT2D eigenvalue weighted by Crippen LogP contribution is 2.35. The van der Waals surface area contributed by atoms with Crippen LogP contribution < -0.4 is 26.4 Å². The number of ether oxygens (including phenoxy) is 2. The molecule has 3 saturated heterocycles. The minimum absolute atomic E-state index is 0.0109. The van der Waals surface area contributed by atoms with E-state index < -0.39 is 35.4 Å². The Labute approximate surface area is 469 Å². The van der Waals surface area contributed by atoms with Gasteiger partial charge in [0, 0.05) is 107 Å². The third kappa shape index (κ3) is 14.8. The third-order valence-corrected chi connectivity index (χ3v) is 16.8. The zero-order valence-corrected chi connectivity index (χ0v) is 48.4. The first kappa shape index (κ1) is 58.9. The van der Waals surface area contributed by atoms with E-state index in [1.165, 1.54) is 10.5 Å². The molecule has 4 atom stereocenters. The van der Waals surface area contributed by atoms with Crippen LogP contribution in [0.3, 0.4) is 0 Å². The smallest absolute Gasteiger partial charge is 0.253 e. The highest BCUT2D eigenvalue weighted by molar-refractivity contribution is 7.13. The molecule has 2 aromatic heterocycles. The fourth-order valence-corrected chi connectivity index (χ4v) is 12.0. The second-order valence-electron chi connectivity index (χ2n) is 22.7. The number of carbonyl (C=O) groups is 4. The predicted molar refractivity (Wildman–Crippen MR) is 310 cm³/mol. The minimum Gasteiger partial charge on any atom is -0.391 e. The Morgan fingerprint density at radius 2 is 1.59 bits per heavy atom. The molecule has 0 radical (unpaired) electrons. The van der Waals surface area contributed by atoms with E-state index >= 15 is 0 Å². The number of hydrogen-bond acceptors (Lipinski definition) is 13. The number of likely N-dealkylation sites (tertiary alicyclic amines) is 1. The molecule has 5 heterocycles. The Hall–Kier alpha value is -6.28. The number of nitrogens with zero attached hydrogens (tertiary/aromatic N) is 5. The lowest BCUT2D eigenvalue weighted by molar-refractivity contribution is -0.144. The van der Waals surface area contributed by atoms with E-state index in [1.807, 2.05) is 97.3 Å². The van der Waals surface area contributed by atoms with Crippen LogP contribution in [-0.4, -0.2) is 150 Å². The third-order valence-electron chi connectivity index (χ3n) is 15.8. The van der Waals surface area contributed by atoms with Gasteiger partial charge in [-0.15, -0.1) is 11.3 Å². The summed E-state index contributed by atoms with van der Waals surface area (Å²) in [6, 6.07) is 20.8. The molecule has 0 aliphatic carbocycles. The monoisotopic (exact) mass is 1100 g/mol. The number of pyridine rings is 1. The molecule has 0 saturated carbocycles. The van der Waals surface area contributed by atoms with Crippen molar-refractivity contribution in [2.75, 3.05) is 77.1 Å². The van der Waals surface area contributed by atoms with Crippen molar-refractivity contribution >= 4 is 40.7 Å². The topological polar surface area (TPSA) is 202 Å². The van der Waals surface area contributed by atoms with Gasteiger partial charge in [0.15, 0.2) is 0 Å². The lowest BCUT2D eigenvalue weighted by Crippen LogP contribution is -2.58. The maximum atomic E-state index is 14.2. The summed E-state index contributed by atoms with van der Waals surface area (Å²) in [5.41, 5.74) is 11.7. The number of β-amino-alcohol motifs (C(OH)–C–C–N with tert-alkyl or cyclic N) is 1. The Morgan fingerprint density at radius 3 is 2.24 bits per heavy atom. The van der Waals surface area contributed by atoms with Gasteiger partial charge in [0.1, 0.15) is 18.7 Å². The number of carbonyl (C=O) groups excluding carboxylic acids is 4. The number of hydrogen-bond donors (Lipinski definition) is 5. The number of thiazole rings is 1. The molecule has 79 heavy (non-hydrogen) atoms. The van der Waals surface area contributed by atoms with Crippen LogP contribution in [0.25, 0.3) is 21.6 Å². The number of aryl methyl sites for hydroxylation is 3. The van der Waals surface area contributed by atoms with Crippen LogP contribution in [0.1, 0.15) is 109 Å². The van der Waals surface area contributed by atoms with Gasteiger partial charge in [-0.1, -0.05) is 69.3 Å². The number of piperazine rings is 1. The minimum atomic E-state index is -0.955. The summed E-state index contributed by atoms with van der Waals surface area (Å²) >= 11 is 1.58. The summed E-state index contributed by atoms with van der Waals surface area (Å²) in [6.45, 7) is 24.7. The zero-order valence-electron chi connectivity index (χ0n) is 47.6. The van der Waals surface area contributed by atoms with Crippen LogP contribution in [0.5, 0.6) is 0 Å². The fourth-order valence-electron chi connectivity index (χ4n) is 11.2. The Bertz CT molecular complexity index is 2980. The second kappa shape index (κ2) is 26.3. The molecule has 3 aliphatic heterocycles. The SMILES string of the molecule is CCN(c1cc(-c2ccc(CN3CCN(CCOCC(=O)NC(C(=O)N4C[C@H](O)C[C@H]4C(=O)NC(C)c4ccc(-c5scnc5C)cc4)C(C)(C)C)CC3)cc2)cc(C(=O)NCc2c(C)cc(C)[nH]c2=O)c1C)C1CCOCC1. The number of H-pyrrole nitrogens is 1. The molecule has 5 aromatic rings. The molecule has 3 aromatic carbocycles. The lowest BCUT2D eigenvalue weighted by Gasteiger charge is -2.37. The average Bonchev–Trinajstić information content (AvgIpc) is 4.07. The number of rotatable bonds is 20. The zero-order chi connectivity index (χ0) is 56.5. The lowest BCUT2D eigenvalue weighted by atomic mass is 9.85. The van der Waals surface area contributed by atoms with Gasteiger partial charge in [0.05, 0.1) is 34.8 Å². The van der Waals surface area contributed by atoms with Gasteiger partial charge < -0.3 is 45.3 Å². The fraction of sp³-hybridized carbons (Fsp3) is 0.508. The summed E-state index contributed by atoms with van der Waals surface area (Å²) in [7, 11) is 0. The van der Waals surface area contributed by atoms with Crippen molar-refractivity contribution in [3.8, 4) is 21.6 Å². The first-order valence-corrected chi connectivity index (χ1v) is 28.8. The van der Waals surface area contributed by atoms with Crippen molar-refractivity contribution in [1.29, 1.82) is 0 Å². The Morgan fingerprint density at radius 1 is 0.911 bits per heavy atom. The average molecular weight is 1100 g/mol. The molecule has 0 bridgehead atoms. The number of aliphatic hydroxyl groups excluding tert-OH is 1. The first-order valence-electron chi connectivity index (χ1n) is 27.9. The number of aromatic amines is 1. The molecule has 424 valence electrons. The van der Waals surface area contributed by atoms with Crippen molar-refractivity contribution in [3.05, 3.63) is 127 Å². The van der Waals surface area contributed by atoms with E-state index in [0.717, 1.165) is 107 Å². The largest absolute Gasteiger partial charge is 0.391 e. The van der Waals surface area contributed by atoms with Gasteiger partial charge in [-0.3, -0.25) is 33.8 Å². The number of nitrogens with one attached hydrogen (secondary N) is 4. The molecule has 18 heteroatoms. The number of benzene rings is 3. The van der Waals surface area contributed by atoms with Crippen molar-refractivity contribution in [2.45, 2.75) is 125 Å². The standard InChI is InChI=1S/C61H81N9O8S/c1-10-69(48-19-26-77-27-20-48)52-31-47(30-50(40(52)4)57(73)62-33-51-38(2)29-39(3)64-58(51)74)45-13-11-43(12-14-45)34-68-23-21-67(22-24-68)25-28-78-36-54(72)66-56(61(7,8)9)60(76)70-35-49(71)32-53(70)59(75)65-41(5)44-15-17-46(18-16-44)55-42(6)63-37-79-55/h11-18,29-31,37,41,48-49,53,56,71H,10,19-28,32-36H2,1-9H3,(H,62,73)(H,64,74)(H,65,75)(H,66,72)/t41?,49-,53+,56?/m1/s1. The Balaban J connectivity index is 0.809. The molecule has 5 N–H and O–H groups in total. The maximum absolute atomic E-state index is 14.2. The van der Waals surface area contributed by atoms with Crippen molar-refractivity contribution < 1.29 is 33.8 Å². The summed E-state index contributed by atoms with van der Waals surface area (Å²) in [5, 5.41) is 19.7. The molecule has 3 fully saturated rings. The van der Waals surface area contributed by atoms with Crippen LogP contribution in [0, 0.1) is 33.1 Å². The van der Waals surface area contributed by atoms with Crippen molar-refractivity contribution in [2.24, 2.45) is 5.41 Å². The Kier molecular flexibility index (Phi) is 19.6. The van der Waals surface area contributed by atoms with E-state index in [9.17, 15) is 29.1 Å². The van der Waals surface area contributed by atoms with Crippen molar-refractivity contribution in [1.82, 2.24) is 40.6 Å². The summed E-state index contributed by atoms with van der Waals surface area (Å²) in [6.07, 6.45) is 1.05. The highest BCUT2D eigenvalue weighted by Gasteiger charge is 2.45. The first-order chi connectivity index (χ1) is 37.8. The number of aliphatic hydroxyl groups is 1. The van der Waals surface area contributed by atoms with E-state index in [4.69, 9.17) is 9.47 Å². The van der Waals surface area contributed by atoms with Gasteiger partial charge in [0.25, 0.3) is 11.5 Å². The van der Waals surface area contributed by atoms with Crippen LogP contribution in [-0.2, 0) is 36.9 Å². The molecule has 4 amide bonds. The number of amides is 4. The van der Waals surface area contributed by atoms with Crippen LogP contribution in [0.4, 0.5) is 5.69 Å². The predicted octanol–water partition coefficient (Wildman–Crippen LogP) is 6.84. The number of anilines is 1. The van der Waals surface area contributed by atoms with Gasteiger partial charge in [-0.25, -0.2) is 4.98 Å². The van der Waals surface area contributed by atoms with Crippen LogP contribution >= 0.6 is 11.3 Å². The number of aromatic nitrogens is 2. The summed E-state index contributed by atoms with van der Waals surface area (Å²) < 4.78 is 11.6. The second-order valence-corrected chi connectivity index (χ2v) is 23.5. The van der Waals surface area contributed by atoms with Gasteiger partial charge in [-0.2, -0.15) is 0 Å². The van der Waals surface area contributed by atoms with Crippen LogP contribution in [0.2, 0.25) is 0 Å². The molecule has 17 nitrogen and oxygen atoms in total. The quantitative estimate of drug-likeness (QED) is 0.0509. The van der Waals surface area contributed by atoms with Gasteiger partial charge >= 0.3 is 0 Å². The van der Waals surface area contributed by atoms with E-state index in [2.05, 4.69) is 77.9 Å². The molecular weight excluding hydrogens is 1020 g/mol. The van der Waals surface area contributed by atoms with Gasteiger partial charge in [0.2, 0.25) is 17.7 Å². The molecular formula is C61H81N9O8S. The summed E-state index contributed by atoms with van der Waals surface area (Å²) in [4.78, 5) is 85.1. The van der Waals surface area contributed by atoms with E-state index in [1.54, 1.807) is 11.3 Å². The van der Waals surface area contributed by atoms with E-state index in [-0.39, 0.29) is 49.5 Å². The van der Waals surface area contributed by atoms with E-state index in [0.29, 0.717) is 43.5 Å². The van der Waals surface area contributed by atoms with Gasteiger partial charge in [-0.05, 0) is 117 Å². The van der Waals surface area contributed by atoms with Crippen LogP contribution in [0.15, 0.2) is 77.0 Å².